The number of nitrogens with one attached hydrogen (secondary N) is 2. The second kappa shape index (κ2) is 14.6. The molecule has 0 saturated heterocycles. The van der Waals surface area contributed by atoms with Crippen molar-refractivity contribution in [2.45, 2.75) is 97.8 Å². The van der Waals surface area contributed by atoms with Crippen LogP contribution in [-0.2, 0) is 14.3 Å². The van der Waals surface area contributed by atoms with Gasteiger partial charge in [0.25, 0.3) is 0 Å². The van der Waals surface area contributed by atoms with Crippen LogP contribution in [-0.4, -0.2) is 47.5 Å². The van der Waals surface area contributed by atoms with Crippen LogP contribution in [0.5, 0.6) is 0 Å². The normalized spacial score (nSPS) is 13.0. The van der Waals surface area contributed by atoms with Crippen molar-refractivity contribution >= 4 is 17.9 Å². The first-order valence-electron chi connectivity index (χ1n) is 12.2. The molecule has 186 valence electrons. The molecule has 0 saturated carbocycles. The largest absolute Gasteiger partial charge is 0.444 e. The van der Waals surface area contributed by atoms with Crippen molar-refractivity contribution in [3.63, 3.8) is 0 Å². The fraction of sp³-hybridized carbons (Fsp3) is 0.654. The van der Waals surface area contributed by atoms with Crippen LogP contribution in [0.25, 0.3) is 0 Å². The molecular weight excluding hydrogens is 418 g/mol. The number of nitrogens with zero attached hydrogens (tertiary/aromatic N) is 1. The van der Waals surface area contributed by atoms with Crippen LogP contribution in [0.2, 0.25) is 0 Å². The minimum absolute atomic E-state index is 0.00523. The molecule has 0 spiro atoms. The molecule has 1 rings (SSSR count). The van der Waals surface area contributed by atoms with Gasteiger partial charge in [0.05, 0.1) is 0 Å². The molecule has 2 atom stereocenters. The van der Waals surface area contributed by atoms with Gasteiger partial charge in [-0.05, 0) is 46.1 Å². The second-order valence-electron chi connectivity index (χ2n) is 9.51. The SMILES string of the molecule is CCCCCCN(C(=O)CNC(=O)OC(C)(C)C)C(C(=O)NC(C)CCC)c1ccccc1. The van der Waals surface area contributed by atoms with E-state index in [1.807, 2.05) is 37.3 Å². The van der Waals surface area contributed by atoms with E-state index in [9.17, 15) is 14.4 Å². The topological polar surface area (TPSA) is 87.7 Å². The van der Waals surface area contributed by atoms with Gasteiger partial charge in [-0.1, -0.05) is 69.9 Å². The van der Waals surface area contributed by atoms with Crippen LogP contribution in [0.3, 0.4) is 0 Å². The summed E-state index contributed by atoms with van der Waals surface area (Å²) in [5.41, 5.74) is 0.0919. The Bertz CT molecular complexity index is 731. The van der Waals surface area contributed by atoms with Crippen LogP contribution in [0.15, 0.2) is 30.3 Å². The number of ether oxygens (including phenoxy) is 1. The third kappa shape index (κ3) is 11.2. The van der Waals surface area contributed by atoms with Gasteiger partial charge in [0.2, 0.25) is 11.8 Å². The zero-order valence-corrected chi connectivity index (χ0v) is 21.3. The van der Waals surface area contributed by atoms with E-state index in [1.54, 1.807) is 25.7 Å². The molecule has 3 amide bonds. The van der Waals surface area contributed by atoms with Gasteiger partial charge < -0.3 is 20.3 Å². The lowest BCUT2D eigenvalue weighted by Gasteiger charge is -2.32. The third-order valence-corrected chi connectivity index (χ3v) is 5.14. The molecule has 0 aliphatic carbocycles. The van der Waals surface area contributed by atoms with Gasteiger partial charge in [-0.15, -0.1) is 0 Å². The first-order valence-corrected chi connectivity index (χ1v) is 12.2. The molecule has 1 aromatic rings. The zero-order chi connectivity index (χ0) is 24.9. The van der Waals surface area contributed by atoms with Gasteiger partial charge in [0.15, 0.2) is 0 Å². The molecule has 0 heterocycles. The van der Waals surface area contributed by atoms with E-state index in [4.69, 9.17) is 4.74 Å². The van der Waals surface area contributed by atoms with E-state index in [0.717, 1.165) is 44.1 Å². The Balaban J connectivity index is 3.11. The first kappa shape index (κ1) is 28.5. The van der Waals surface area contributed by atoms with Crippen LogP contribution >= 0.6 is 0 Å². The monoisotopic (exact) mass is 461 g/mol. The molecule has 0 radical (unpaired) electrons. The van der Waals surface area contributed by atoms with Crippen molar-refractivity contribution in [3.8, 4) is 0 Å². The number of carbonyl (C=O) groups is 3. The van der Waals surface area contributed by atoms with Crippen molar-refractivity contribution in [2.75, 3.05) is 13.1 Å². The zero-order valence-electron chi connectivity index (χ0n) is 21.3. The summed E-state index contributed by atoms with van der Waals surface area (Å²) in [6, 6.07) is 8.58. The summed E-state index contributed by atoms with van der Waals surface area (Å²) in [4.78, 5) is 40.3. The van der Waals surface area contributed by atoms with E-state index in [2.05, 4.69) is 24.5 Å². The molecule has 0 bridgehead atoms. The summed E-state index contributed by atoms with van der Waals surface area (Å²) in [6.45, 7) is 11.7. The van der Waals surface area contributed by atoms with Crippen LogP contribution in [0.4, 0.5) is 4.79 Å². The molecule has 0 aliphatic rings. The highest BCUT2D eigenvalue weighted by Gasteiger charge is 2.32. The number of hydrogen-bond donors (Lipinski definition) is 2. The van der Waals surface area contributed by atoms with E-state index in [0.29, 0.717) is 6.54 Å². The standard InChI is InChI=1S/C26H43N3O4/c1-7-9-10-14-18-29(22(30)19-27-25(32)33-26(4,5)6)23(21-16-12-11-13-17-21)24(31)28-20(3)15-8-2/h11-13,16-17,20,23H,7-10,14-15,18-19H2,1-6H3,(H,27,32)(H,28,31). The van der Waals surface area contributed by atoms with Gasteiger partial charge in [-0.3, -0.25) is 9.59 Å². The highest BCUT2D eigenvalue weighted by atomic mass is 16.6. The molecule has 7 heteroatoms. The van der Waals surface area contributed by atoms with Crippen LogP contribution in [0.1, 0.15) is 91.7 Å². The number of benzene rings is 1. The molecule has 0 fully saturated rings. The average molecular weight is 462 g/mol. The second-order valence-corrected chi connectivity index (χ2v) is 9.51. The van der Waals surface area contributed by atoms with E-state index in [1.165, 1.54) is 0 Å². The molecule has 7 nitrogen and oxygen atoms in total. The molecule has 0 aliphatic heterocycles. The number of carbonyl (C=O) groups excluding carboxylic acids is 3. The minimum Gasteiger partial charge on any atom is -0.444 e. The Morgan fingerprint density at radius 3 is 2.24 bits per heavy atom. The molecule has 2 N–H and O–H groups in total. The van der Waals surface area contributed by atoms with Crippen LogP contribution < -0.4 is 10.6 Å². The molecular formula is C26H43N3O4. The summed E-state index contributed by atoms with van der Waals surface area (Å²) in [5.74, 6) is -0.521. The predicted molar refractivity (Wildman–Crippen MR) is 132 cm³/mol. The van der Waals surface area contributed by atoms with Crippen molar-refractivity contribution in [1.82, 2.24) is 15.5 Å². The van der Waals surface area contributed by atoms with Crippen molar-refractivity contribution in [3.05, 3.63) is 35.9 Å². The van der Waals surface area contributed by atoms with Gasteiger partial charge in [-0.2, -0.15) is 0 Å². The molecule has 2 unspecified atom stereocenters. The maximum absolute atomic E-state index is 13.4. The van der Waals surface area contributed by atoms with Crippen molar-refractivity contribution < 1.29 is 19.1 Å². The molecule has 1 aromatic carbocycles. The van der Waals surface area contributed by atoms with Crippen molar-refractivity contribution in [1.29, 1.82) is 0 Å². The fourth-order valence-corrected chi connectivity index (χ4v) is 3.61. The van der Waals surface area contributed by atoms with Gasteiger partial charge in [-0.25, -0.2) is 4.79 Å². The predicted octanol–water partition coefficient (Wildman–Crippen LogP) is 4.97. The summed E-state index contributed by atoms with van der Waals surface area (Å²) >= 11 is 0. The Morgan fingerprint density at radius 2 is 1.67 bits per heavy atom. The molecule has 33 heavy (non-hydrogen) atoms. The number of rotatable bonds is 13. The maximum atomic E-state index is 13.4. The Kier molecular flexibility index (Phi) is 12.6. The summed E-state index contributed by atoms with van der Waals surface area (Å²) in [7, 11) is 0. The quantitative estimate of drug-likeness (QED) is 0.406. The number of hydrogen-bond acceptors (Lipinski definition) is 4. The Morgan fingerprint density at radius 1 is 1.00 bits per heavy atom. The smallest absolute Gasteiger partial charge is 0.408 e. The Hall–Kier alpha value is -2.57. The van der Waals surface area contributed by atoms with Gasteiger partial charge >= 0.3 is 6.09 Å². The summed E-state index contributed by atoms with van der Waals surface area (Å²) in [6.07, 6.45) is 5.05. The van der Waals surface area contributed by atoms with Gasteiger partial charge in [0.1, 0.15) is 18.2 Å². The lowest BCUT2D eigenvalue weighted by Crippen LogP contribution is -2.49. The average Bonchev–Trinajstić information content (AvgIpc) is 2.73. The van der Waals surface area contributed by atoms with Crippen LogP contribution in [0, 0.1) is 0 Å². The van der Waals surface area contributed by atoms with E-state index < -0.39 is 17.7 Å². The summed E-state index contributed by atoms with van der Waals surface area (Å²) < 4.78 is 5.25. The lowest BCUT2D eigenvalue weighted by atomic mass is 10.0. The molecule has 0 aromatic heterocycles. The number of amides is 3. The lowest BCUT2D eigenvalue weighted by molar-refractivity contribution is -0.140. The van der Waals surface area contributed by atoms with Gasteiger partial charge in [0, 0.05) is 12.6 Å². The highest BCUT2D eigenvalue weighted by molar-refractivity contribution is 5.90. The highest BCUT2D eigenvalue weighted by Crippen LogP contribution is 2.23. The Labute approximate surface area is 199 Å². The fourth-order valence-electron chi connectivity index (χ4n) is 3.61. The van der Waals surface area contributed by atoms with E-state index >= 15 is 0 Å². The first-order chi connectivity index (χ1) is 15.6. The van der Waals surface area contributed by atoms with E-state index in [-0.39, 0.29) is 24.4 Å². The summed E-state index contributed by atoms with van der Waals surface area (Å²) in [5, 5.41) is 5.61. The number of alkyl carbamates (subject to hydrolysis) is 1. The number of unbranched alkanes of at least 4 members (excludes halogenated alkanes) is 3. The van der Waals surface area contributed by atoms with Crippen molar-refractivity contribution in [2.24, 2.45) is 0 Å². The minimum atomic E-state index is -0.764. The third-order valence-electron chi connectivity index (χ3n) is 5.14. The maximum Gasteiger partial charge on any atom is 0.408 e.